The van der Waals surface area contributed by atoms with Crippen LogP contribution >= 0.6 is 0 Å². The first kappa shape index (κ1) is 19.2. The third kappa shape index (κ3) is 4.68. The molecular formula is C20H23N4O2+. The second-order valence-electron chi connectivity index (χ2n) is 6.17. The molecule has 134 valence electrons. The van der Waals surface area contributed by atoms with Gasteiger partial charge < -0.3 is 15.5 Å². The van der Waals surface area contributed by atoms with E-state index in [1.54, 1.807) is 43.4 Å². The molecule has 6 heteroatoms. The fraction of sp³-hybridized carbons (Fsp3) is 0.250. The Hall–Kier alpha value is -3.17. The molecule has 0 bridgehead atoms. The Morgan fingerprint density at radius 3 is 2.42 bits per heavy atom. The van der Waals surface area contributed by atoms with Crippen LogP contribution in [0.2, 0.25) is 0 Å². The Labute approximate surface area is 153 Å². The predicted octanol–water partition coefficient (Wildman–Crippen LogP) is 0.960. The van der Waals surface area contributed by atoms with Crippen molar-refractivity contribution < 1.29 is 14.5 Å². The van der Waals surface area contributed by atoms with Gasteiger partial charge in [0, 0.05) is 18.2 Å². The first-order valence-electron chi connectivity index (χ1n) is 8.39. The van der Waals surface area contributed by atoms with E-state index in [1.165, 1.54) is 0 Å². The van der Waals surface area contributed by atoms with Crippen molar-refractivity contribution in [2.24, 2.45) is 0 Å². The summed E-state index contributed by atoms with van der Waals surface area (Å²) in [5.41, 5.74) is 2.60. The van der Waals surface area contributed by atoms with Gasteiger partial charge in [0.15, 0.2) is 6.04 Å². The number of anilines is 1. The average molecular weight is 351 g/mol. The second-order valence-corrected chi connectivity index (χ2v) is 6.17. The van der Waals surface area contributed by atoms with Gasteiger partial charge >= 0.3 is 0 Å². The van der Waals surface area contributed by atoms with Crippen LogP contribution in [0, 0.1) is 11.3 Å². The number of amides is 2. The van der Waals surface area contributed by atoms with Gasteiger partial charge in [-0.25, -0.2) is 0 Å². The van der Waals surface area contributed by atoms with Crippen LogP contribution in [-0.2, 0) is 11.3 Å². The minimum Gasteiger partial charge on any atom is -0.355 e. The van der Waals surface area contributed by atoms with Crippen LogP contribution in [0.1, 0.15) is 28.4 Å². The molecule has 0 spiro atoms. The minimum absolute atomic E-state index is 0.124. The highest BCUT2D eigenvalue weighted by atomic mass is 16.2. The van der Waals surface area contributed by atoms with Crippen LogP contribution in [0.15, 0.2) is 48.5 Å². The number of carbonyl (C=O) groups is 2. The van der Waals surface area contributed by atoms with Crippen LogP contribution in [0.25, 0.3) is 0 Å². The number of nitrogens with one attached hydrogen (secondary N) is 3. The summed E-state index contributed by atoms with van der Waals surface area (Å²) in [6, 6.07) is 16.0. The van der Waals surface area contributed by atoms with E-state index in [0.717, 1.165) is 10.5 Å². The molecule has 2 aromatic rings. The average Bonchev–Trinajstić information content (AvgIpc) is 2.67. The highest BCUT2D eigenvalue weighted by Crippen LogP contribution is 2.13. The Kier molecular flexibility index (Phi) is 6.48. The van der Waals surface area contributed by atoms with Crippen molar-refractivity contribution in [3.8, 4) is 6.07 Å². The molecule has 2 amide bonds. The maximum atomic E-state index is 12.5. The molecule has 2 aromatic carbocycles. The fourth-order valence-electron chi connectivity index (χ4n) is 2.55. The number of benzene rings is 2. The summed E-state index contributed by atoms with van der Waals surface area (Å²) in [6.45, 7) is 2.49. The molecule has 0 aliphatic carbocycles. The number of quaternary nitrogens is 1. The molecule has 1 unspecified atom stereocenters. The van der Waals surface area contributed by atoms with Gasteiger partial charge in [-0.1, -0.05) is 24.3 Å². The van der Waals surface area contributed by atoms with Gasteiger partial charge in [-0.15, -0.1) is 0 Å². The number of carbonyl (C=O) groups excluding carboxylic acids is 2. The third-order valence-corrected chi connectivity index (χ3v) is 4.36. The van der Waals surface area contributed by atoms with E-state index < -0.39 is 0 Å². The molecule has 0 fully saturated rings. The quantitative estimate of drug-likeness (QED) is 0.724. The van der Waals surface area contributed by atoms with Gasteiger partial charge in [0.05, 0.1) is 18.3 Å². The molecule has 0 aliphatic heterocycles. The van der Waals surface area contributed by atoms with Crippen molar-refractivity contribution in [2.45, 2.75) is 19.5 Å². The maximum Gasteiger partial charge on any atom is 0.282 e. The van der Waals surface area contributed by atoms with E-state index in [2.05, 4.69) is 16.7 Å². The van der Waals surface area contributed by atoms with E-state index in [1.807, 2.05) is 26.1 Å². The third-order valence-electron chi connectivity index (χ3n) is 4.36. The Morgan fingerprint density at radius 2 is 1.81 bits per heavy atom. The largest absolute Gasteiger partial charge is 0.355 e. The van der Waals surface area contributed by atoms with Gasteiger partial charge in [0.1, 0.15) is 12.6 Å². The summed E-state index contributed by atoms with van der Waals surface area (Å²) in [6.07, 6.45) is 0. The van der Waals surface area contributed by atoms with Crippen LogP contribution in [0.3, 0.4) is 0 Å². The number of hydrogen-bond donors (Lipinski definition) is 3. The Morgan fingerprint density at radius 1 is 1.15 bits per heavy atom. The summed E-state index contributed by atoms with van der Waals surface area (Å²) in [5.74, 6) is -0.270. The van der Waals surface area contributed by atoms with Crippen molar-refractivity contribution in [1.29, 1.82) is 5.26 Å². The smallest absolute Gasteiger partial charge is 0.282 e. The van der Waals surface area contributed by atoms with Crippen molar-refractivity contribution >= 4 is 17.5 Å². The minimum atomic E-state index is -0.305. The molecule has 0 radical (unpaired) electrons. The fourth-order valence-corrected chi connectivity index (χ4v) is 2.55. The topological polar surface area (TPSA) is 86.4 Å². The lowest BCUT2D eigenvalue weighted by atomic mass is 10.1. The van der Waals surface area contributed by atoms with Gasteiger partial charge in [-0.3, -0.25) is 9.59 Å². The van der Waals surface area contributed by atoms with Gasteiger partial charge in [-0.2, -0.15) is 5.26 Å². The molecule has 26 heavy (non-hydrogen) atoms. The zero-order valence-corrected chi connectivity index (χ0v) is 15.2. The van der Waals surface area contributed by atoms with Crippen LogP contribution in [0.4, 0.5) is 5.69 Å². The molecule has 2 atom stereocenters. The molecule has 6 nitrogen and oxygen atoms in total. The highest BCUT2D eigenvalue weighted by molar-refractivity contribution is 5.95. The van der Waals surface area contributed by atoms with E-state index in [0.29, 0.717) is 23.4 Å². The number of para-hydroxylation sites is 1. The van der Waals surface area contributed by atoms with E-state index in [-0.39, 0.29) is 17.9 Å². The summed E-state index contributed by atoms with van der Waals surface area (Å²) < 4.78 is 0. The zero-order chi connectivity index (χ0) is 19.1. The van der Waals surface area contributed by atoms with E-state index in [9.17, 15) is 9.59 Å². The van der Waals surface area contributed by atoms with Gasteiger partial charge in [-0.05, 0) is 31.2 Å². The molecule has 0 aliphatic rings. The zero-order valence-electron chi connectivity index (χ0n) is 15.2. The summed E-state index contributed by atoms with van der Waals surface area (Å²) in [4.78, 5) is 25.1. The van der Waals surface area contributed by atoms with Gasteiger partial charge in [0.2, 0.25) is 0 Å². The number of hydrogen-bond acceptors (Lipinski definition) is 3. The first-order valence-corrected chi connectivity index (χ1v) is 8.39. The molecule has 0 saturated carbocycles. The van der Waals surface area contributed by atoms with Crippen molar-refractivity contribution in [2.75, 3.05) is 19.4 Å². The summed E-state index contributed by atoms with van der Waals surface area (Å²) in [7, 11) is 3.53. The lowest BCUT2D eigenvalue weighted by Crippen LogP contribution is -3.12. The SMILES string of the molecule is CNC(=O)c1ccc(C[NH+](C)[C@H](C)C(=O)Nc2ccccc2C#N)cc1. The number of rotatable bonds is 6. The molecular weight excluding hydrogens is 328 g/mol. The highest BCUT2D eigenvalue weighted by Gasteiger charge is 2.22. The molecule has 0 heterocycles. The Balaban J connectivity index is 2.00. The number of likely N-dealkylation sites (N-methyl/N-ethyl adjacent to an activating group) is 1. The van der Waals surface area contributed by atoms with Crippen LogP contribution in [0.5, 0.6) is 0 Å². The van der Waals surface area contributed by atoms with Crippen LogP contribution < -0.4 is 15.5 Å². The lowest BCUT2D eigenvalue weighted by molar-refractivity contribution is -0.907. The Bertz CT molecular complexity index is 824. The van der Waals surface area contributed by atoms with Crippen LogP contribution in [-0.4, -0.2) is 32.0 Å². The summed E-state index contributed by atoms with van der Waals surface area (Å²) >= 11 is 0. The molecule has 0 aromatic heterocycles. The molecule has 3 N–H and O–H groups in total. The first-order chi connectivity index (χ1) is 12.5. The summed E-state index contributed by atoms with van der Waals surface area (Å²) in [5, 5.41) is 14.5. The van der Waals surface area contributed by atoms with Crippen molar-refractivity contribution in [3.05, 3.63) is 65.2 Å². The number of nitrogens with zero attached hydrogens (tertiary/aromatic N) is 1. The second kappa shape index (κ2) is 8.79. The monoisotopic (exact) mass is 351 g/mol. The molecule has 2 rings (SSSR count). The van der Waals surface area contributed by atoms with Crippen molar-refractivity contribution in [3.63, 3.8) is 0 Å². The van der Waals surface area contributed by atoms with E-state index in [4.69, 9.17) is 5.26 Å². The molecule has 0 saturated heterocycles. The number of nitriles is 1. The van der Waals surface area contributed by atoms with Crippen molar-refractivity contribution in [1.82, 2.24) is 5.32 Å². The standard InChI is InChI=1S/C20H22N4O2/c1-14(19(25)23-18-7-5-4-6-17(18)12-21)24(3)13-15-8-10-16(11-9-15)20(26)22-2/h4-11,14H,13H2,1-3H3,(H,22,26)(H,23,25)/p+1/t14-/m1/s1. The normalized spacial score (nSPS) is 12.5. The lowest BCUT2D eigenvalue weighted by Gasteiger charge is -2.21. The van der Waals surface area contributed by atoms with Gasteiger partial charge in [0.25, 0.3) is 11.8 Å². The predicted molar refractivity (Wildman–Crippen MR) is 99.7 cm³/mol. The van der Waals surface area contributed by atoms with E-state index >= 15 is 0 Å². The maximum absolute atomic E-state index is 12.5.